The second-order valence-corrected chi connectivity index (χ2v) is 4.42. The van der Waals surface area contributed by atoms with Gasteiger partial charge in [0.2, 0.25) is 0 Å². The molecule has 110 valence electrons. The van der Waals surface area contributed by atoms with Crippen molar-refractivity contribution < 1.29 is 14.6 Å². The molecule has 1 aromatic rings. The number of hydrogen-bond acceptors (Lipinski definition) is 5. The second kappa shape index (κ2) is 9.32. The van der Waals surface area contributed by atoms with E-state index in [2.05, 4.69) is 11.4 Å². The molecule has 0 radical (unpaired) electrons. The summed E-state index contributed by atoms with van der Waals surface area (Å²) >= 11 is 0. The van der Waals surface area contributed by atoms with Gasteiger partial charge in [0.25, 0.3) is 0 Å². The highest BCUT2D eigenvalue weighted by Crippen LogP contribution is 2.18. The number of rotatable bonds is 9. The number of nitriles is 1. The summed E-state index contributed by atoms with van der Waals surface area (Å²) in [7, 11) is 0. The zero-order chi connectivity index (χ0) is 14.8. The highest BCUT2D eigenvalue weighted by atomic mass is 16.5. The first-order valence-corrected chi connectivity index (χ1v) is 6.76. The summed E-state index contributed by atoms with van der Waals surface area (Å²) in [4.78, 5) is 0. The van der Waals surface area contributed by atoms with Crippen molar-refractivity contribution in [2.75, 3.05) is 38.3 Å². The minimum Gasteiger partial charge on any atom is -0.389 e. The average Bonchev–Trinajstić information content (AvgIpc) is 2.45. The highest BCUT2D eigenvalue weighted by Gasteiger charge is 2.08. The maximum atomic E-state index is 9.79. The van der Waals surface area contributed by atoms with Crippen LogP contribution in [-0.2, 0) is 9.47 Å². The Labute approximate surface area is 120 Å². The molecular weight excluding hydrogens is 256 g/mol. The van der Waals surface area contributed by atoms with Crippen LogP contribution in [0.1, 0.15) is 18.1 Å². The lowest BCUT2D eigenvalue weighted by Crippen LogP contribution is -2.26. The van der Waals surface area contributed by atoms with Crippen LogP contribution in [0.4, 0.5) is 5.69 Å². The van der Waals surface area contributed by atoms with Crippen LogP contribution in [0, 0.1) is 18.3 Å². The largest absolute Gasteiger partial charge is 0.389 e. The van der Waals surface area contributed by atoms with Gasteiger partial charge in [-0.2, -0.15) is 5.26 Å². The van der Waals surface area contributed by atoms with Gasteiger partial charge in [-0.3, -0.25) is 0 Å². The number of nitrogens with zero attached hydrogens (tertiary/aromatic N) is 1. The molecule has 0 bridgehead atoms. The maximum Gasteiger partial charge on any atom is 0.102 e. The van der Waals surface area contributed by atoms with Gasteiger partial charge in [0, 0.05) is 13.2 Å². The van der Waals surface area contributed by atoms with E-state index in [-0.39, 0.29) is 6.61 Å². The molecule has 0 aliphatic heterocycles. The Morgan fingerprint density at radius 2 is 2.10 bits per heavy atom. The summed E-state index contributed by atoms with van der Waals surface area (Å²) in [6, 6.07) is 7.75. The molecule has 0 amide bonds. The molecule has 0 saturated carbocycles. The summed E-state index contributed by atoms with van der Waals surface area (Å²) in [5.74, 6) is 0. The molecule has 0 aromatic heterocycles. The Balaban J connectivity index is 2.33. The van der Waals surface area contributed by atoms with E-state index in [0.29, 0.717) is 31.9 Å². The Hall–Kier alpha value is -1.61. The van der Waals surface area contributed by atoms with Crippen LogP contribution in [0.25, 0.3) is 0 Å². The lowest BCUT2D eigenvalue weighted by Gasteiger charge is -2.14. The summed E-state index contributed by atoms with van der Waals surface area (Å²) in [6.45, 7) is 6.06. The van der Waals surface area contributed by atoms with Gasteiger partial charge in [-0.05, 0) is 25.5 Å². The predicted molar refractivity (Wildman–Crippen MR) is 77.7 cm³/mol. The number of aliphatic hydroxyl groups excluding tert-OH is 1. The molecule has 1 atom stereocenters. The van der Waals surface area contributed by atoms with Crippen molar-refractivity contribution in [3.63, 3.8) is 0 Å². The molecule has 0 heterocycles. The molecule has 0 fully saturated rings. The molecule has 1 aromatic carbocycles. The van der Waals surface area contributed by atoms with Gasteiger partial charge < -0.3 is 19.9 Å². The van der Waals surface area contributed by atoms with E-state index in [1.54, 1.807) is 0 Å². The van der Waals surface area contributed by atoms with Crippen LogP contribution < -0.4 is 5.32 Å². The van der Waals surface area contributed by atoms with Crippen molar-refractivity contribution in [3.8, 4) is 6.07 Å². The third kappa shape index (κ3) is 5.57. The summed E-state index contributed by atoms with van der Waals surface area (Å²) < 4.78 is 10.4. The highest BCUT2D eigenvalue weighted by molar-refractivity contribution is 5.60. The van der Waals surface area contributed by atoms with Crippen molar-refractivity contribution in [2.24, 2.45) is 0 Å². The number of nitrogens with one attached hydrogen (secondary N) is 1. The maximum absolute atomic E-state index is 9.79. The number of ether oxygens (including phenoxy) is 2. The normalized spacial score (nSPS) is 11.9. The first kappa shape index (κ1) is 16.4. The molecule has 20 heavy (non-hydrogen) atoms. The van der Waals surface area contributed by atoms with Crippen LogP contribution >= 0.6 is 0 Å². The Bertz CT molecular complexity index is 443. The van der Waals surface area contributed by atoms with Crippen LogP contribution in [0.15, 0.2) is 18.2 Å². The minimum absolute atomic E-state index is 0.244. The zero-order valence-corrected chi connectivity index (χ0v) is 12.1. The monoisotopic (exact) mass is 278 g/mol. The average molecular weight is 278 g/mol. The summed E-state index contributed by atoms with van der Waals surface area (Å²) in [5, 5.41) is 22.0. The van der Waals surface area contributed by atoms with E-state index in [4.69, 9.17) is 14.7 Å². The number of aryl methyl sites for hydroxylation is 1. The Kier molecular flexibility index (Phi) is 7.66. The van der Waals surface area contributed by atoms with E-state index in [1.807, 2.05) is 32.0 Å². The standard InChI is InChI=1S/C15H22N2O3/c1-3-19-7-8-20-11-13(18)10-17-15-6-4-5-12(2)14(15)9-16/h4-6,13,17-18H,3,7-8,10-11H2,1-2H3. The van der Waals surface area contributed by atoms with Crippen molar-refractivity contribution in [2.45, 2.75) is 20.0 Å². The lowest BCUT2D eigenvalue weighted by molar-refractivity contribution is 0.0103. The molecule has 1 unspecified atom stereocenters. The Morgan fingerprint density at radius 1 is 1.35 bits per heavy atom. The first-order chi connectivity index (χ1) is 9.69. The van der Waals surface area contributed by atoms with Crippen molar-refractivity contribution in [1.82, 2.24) is 0 Å². The van der Waals surface area contributed by atoms with E-state index in [1.165, 1.54) is 0 Å². The predicted octanol–water partition coefficient (Wildman–Crippen LogP) is 1.69. The molecule has 1 rings (SSSR count). The van der Waals surface area contributed by atoms with Gasteiger partial charge in [0.15, 0.2) is 0 Å². The van der Waals surface area contributed by atoms with Gasteiger partial charge in [0.1, 0.15) is 6.07 Å². The zero-order valence-electron chi connectivity index (χ0n) is 12.1. The third-order valence-electron chi connectivity index (χ3n) is 2.80. The lowest BCUT2D eigenvalue weighted by atomic mass is 10.1. The van der Waals surface area contributed by atoms with Gasteiger partial charge in [-0.15, -0.1) is 0 Å². The molecule has 0 aliphatic rings. The second-order valence-electron chi connectivity index (χ2n) is 4.42. The smallest absolute Gasteiger partial charge is 0.102 e. The fourth-order valence-electron chi connectivity index (χ4n) is 1.73. The van der Waals surface area contributed by atoms with Gasteiger partial charge in [0.05, 0.1) is 37.2 Å². The van der Waals surface area contributed by atoms with Crippen molar-refractivity contribution in [1.29, 1.82) is 5.26 Å². The molecule has 0 aliphatic carbocycles. The summed E-state index contributed by atoms with van der Waals surface area (Å²) in [6.07, 6.45) is -0.622. The van der Waals surface area contributed by atoms with Crippen molar-refractivity contribution >= 4 is 5.69 Å². The quantitative estimate of drug-likeness (QED) is 0.672. The molecule has 2 N–H and O–H groups in total. The minimum atomic E-state index is -0.622. The van der Waals surface area contributed by atoms with E-state index < -0.39 is 6.10 Å². The molecule has 5 heteroatoms. The van der Waals surface area contributed by atoms with Crippen molar-refractivity contribution in [3.05, 3.63) is 29.3 Å². The fraction of sp³-hybridized carbons (Fsp3) is 0.533. The van der Waals surface area contributed by atoms with Gasteiger partial charge >= 0.3 is 0 Å². The van der Waals surface area contributed by atoms with E-state index in [0.717, 1.165) is 11.3 Å². The number of benzene rings is 1. The molecular formula is C15H22N2O3. The summed E-state index contributed by atoms with van der Waals surface area (Å²) in [5.41, 5.74) is 2.26. The van der Waals surface area contributed by atoms with Crippen LogP contribution in [0.5, 0.6) is 0 Å². The molecule has 0 saturated heterocycles. The number of hydrogen-bond donors (Lipinski definition) is 2. The van der Waals surface area contributed by atoms with E-state index in [9.17, 15) is 5.11 Å². The molecule has 0 spiro atoms. The topological polar surface area (TPSA) is 74.5 Å². The van der Waals surface area contributed by atoms with Crippen LogP contribution in [-0.4, -0.2) is 44.2 Å². The van der Waals surface area contributed by atoms with E-state index >= 15 is 0 Å². The number of anilines is 1. The third-order valence-corrected chi connectivity index (χ3v) is 2.80. The molecule has 5 nitrogen and oxygen atoms in total. The number of aliphatic hydroxyl groups is 1. The van der Waals surface area contributed by atoms with Crippen LogP contribution in [0.3, 0.4) is 0 Å². The van der Waals surface area contributed by atoms with Gasteiger partial charge in [-0.1, -0.05) is 12.1 Å². The Morgan fingerprint density at radius 3 is 2.80 bits per heavy atom. The fourth-order valence-corrected chi connectivity index (χ4v) is 1.73. The van der Waals surface area contributed by atoms with Gasteiger partial charge in [-0.25, -0.2) is 0 Å². The first-order valence-electron chi connectivity index (χ1n) is 6.76. The van der Waals surface area contributed by atoms with Crippen LogP contribution in [0.2, 0.25) is 0 Å². The SMILES string of the molecule is CCOCCOCC(O)CNc1cccc(C)c1C#N.